The van der Waals surface area contributed by atoms with E-state index < -0.39 is 0 Å². The number of fused-ring (bicyclic) bond motifs is 8. The van der Waals surface area contributed by atoms with Gasteiger partial charge in [-0.05, 0) is 69.3 Å². The molecule has 12 rings (SSSR count). The number of anilines is 4. The number of para-hydroxylation sites is 3. The molecule has 0 bridgehead atoms. The van der Waals surface area contributed by atoms with Crippen LogP contribution in [0.15, 0.2) is 182 Å². The van der Waals surface area contributed by atoms with Crippen LogP contribution in [0.5, 0.6) is 11.5 Å². The first-order valence-electron chi connectivity index (χ1n) is 23.3. The van der Waals surface area contributed by atoms with Gasteiger partial charge in [0, 0.05) is 92.6 Å². The Hall–Kier alpha value is -6.98. The molecule has 0 saturated carbocycles. The maximum absolute atomic E-state index is 6.98. The monoisotopic (exact) mass is 1090 g/mol. The summed E-state index contributed by atoms with van der Waals surface area (Å²) in [6.07, 6.45) is 1.93. The van der Waals surface area contributed by atoms with E-state index in [9.17, 15) is 0 Å². The third-order valence-electron chi connectivity index (χ3n) is 13.3. The van der Waals surface area contributed by atoms with Gasteiger partial charge in [0.05, 0.1) is 0 Å². The Balaban J connectivity index is 0.00000520. The molecule has 4 heterocycles. The molecular weight excluding hydrogens is 1040 g/mol. The van der Waals surface area contributed by atoms with E-state index in [1.807, 2.05) is 17.5 Å². The summed E-state index contributed by atoms with van der Waals surface area (Å²) >= 11 is 1.84. The van der Waals surface area contributed by atoms with Crippen molar-refractivity contribution in [2.75, 3.05) is 9.80 Å². The SMILES string of the molecule is CC(C)(C)c1cc(Oc2[c-]c3c(cc2)c2c4sc5ccccc5c4ccc2n3-c2cc(C(C)(C)C)ccn2)[c-]c(N2[CH-]N(c3c(-c4ccccc4)cccc3-c3ccccc3)c3ccccc32)c1.[Pt]. The minimum absolute atomic E-state index is 0. The third kappa shape index (κ3) is 7.80. The summed E-state index contributed by atoms with van der Waals surface area (Å²) in [6, 6.07) is 70.3. The number of ether oxygens (including phenoxy) is 1. The topological polar surface area (TPSA) is 33.5 Å². The second-order valence-electron chi connectivity index (χ2n) is 19.8. The molecule has 0 fully saturated rings. The van der Waals surface area contributed by atoms with E-state index in [0.717, 1.165) is 72.8 Å². The van der Waals surface area contributed by atoms with Crippen molar-refractivity contribution in [2.45, 2.75) is 52.4 Å². The van der Waals surface area contributed by atoms with Gasteiger partial charge in [-0.3, -0.25) is 0 Å². The molecule has 0 aliphatic carbocycles. The minimum Gasteiger partial charge on any atom is -0.509 e. The Bertz CT molecular complexity index is 3670. The maximum Gasteiger partial charge on any atom is 0.135 e. The van der Waals surface area contributed by atoms with Crippen LogP contribution in [0.1, 0.15) is 52.7 Å². The Kier molecular flexibility index (Phi) is 11.1. The maximum atomic E-state index is 6.98. The summed E-state index contributed by atoms with van der Waals surface area (Å²) in [5.74, 6) is 2.07. The van der Waals surface area contributed by atoms with Crippen molar-refractivity contribution in [3.63, 3.8) is 0 Å². The van der Waals surface area contributed by atoms with Gasteiger partial charge in [-0.2, -0.15) is 6.07 Å². The van der Waals surface area contributed by atoms with E-state index in [2.05, 4.69) is 251 Å². The smallest absolute Gasteiger partial charge is 0.135 e. The zero-order chi connectivity index (χ0) is 46.3. The molecule has 0 atom stereocenters. The van der Waals surface area contributed by atoms with Crippen LogP contribution in [-0.2, 0) is 31.9 Å². The number of benzene rings is 8. The van der Waals surface area contributed by atoms with Gasteiger partial charge in [-0.15, -0.1) is 65.0 Å². The molecule has 342 valence electrons. The molecule has 0 unspecified atom stereocenters. The van der Waals surface area contributed by atoms with Gasteiger partial charge in [0.2, 0.25) is 0 Å². The van der Waals surface area contributed by atoms with E-state index >= 15 is 0 Å². The zero-order valence-electron chi connectivity index (χ0n) is 39.3. The van der Waals surface area contributed by atoms with Gasteiger partial charge in [0.25, 0.3) is 0 Å². The van der Waals surface area contributed by atoms with Crippen molar-refractivity contribution < 1.29 is 25.8 Å². The summed E-state index contributed by atoms with van der Waals surface area (Å²) in [6.45, 7) is 15.7. The number of pyridine rings is 1. The normalized spacial score (nSPS) is 12.8. The summed E-state index contributed by atoms with van der Waals surface area (Å²) in [5, 5.41) is 4.84. The largest absolute Gasteiger partial charge is 0.509 e. The molecule has 5 nitrogen and oxygen atoms in total. The number of nitrogens with zero attached hydrogens (tertiary/aromatic N) is 4. The van der Waals surface area contributed by atoms with Crippen molar-refractivity contribution in [3.8, 4) is 39.6 Å². The van der Waals surface area contributed by atoms with Crippen molar-refractivity contribution >= 4 is 76.1 Å². The van der Waals surface area contributed by atoms with Gasteiger partial charge in [-0.1, -0.05) is 162 Å². The molecule has 11 aromatic rings. The standard InChI is InChI=1S/C62H49N4OS.Pt/c1-61(2,3)42-32-33-63-57(36-42)66-54-31-30-50-49-22-13-16-27-56(49)68-60(50)58(54)51-29-28-45(38-55(51)66)67-46-35-43(62(4,5)6)34-44(37-46)64-39-65(53-26-15-14-25-52(53)64)59-47(40-18-9-7-10-19-40)23-17-24-48(59)41-20-11-8-12-21-41;/h7-36,39H,1-6H3;/q-3;. The van der Waals surface area contributed by atoms with Crippen LogP contribution in [-0.4, -0.2) is 9.55 Å². The molecule has 1 aliphatic heterocycles. The molecule has 8 aromatic carbocycles. The van der Waals surface area contributed by atoms with Crippen molar-refractivity contribution in [3.05, 3.63) is 212 Å². The van der Waals surface area contributed by atoms with Crippen LogP contribution in [0.25, 0.3) is 70.0 Å². The first kappa shape index (κ1) is 44.5. The predicted octanol–water partition coefficient (Wildman–Crippen LogP) is 17.3. The van der Waals surface area contributed by atoms with Gasteiger partial charge >= 0.3 is 0 Å². The van der Waals surface area contributed by atoms with E-state index in [4.69, 9.17) is 9.72 Å². The molecule has 1 aliphatic rings. The number of thiophene rings is 1. The second-order valence-corrected chi connectivity index (χ2v) is 20.8. The van der Waals surface area contributed by atoms with Crippen LogP contribution in [0, 0.1) is 18.8 Å². The molecule has 0 N–H and O–H groups in total. The molecular formula is C62H49N4OPtS-3. The Labute approximate surface area is 422 Å². The number of hydrogen-bond donors (Lipinski definition) is 0. The van der Waals surface area contributed by atoms with Gasteiger partial charge in [-0.25, -0.2) is 4.98 Å². The number of hydrogen-bond acceptors (Lipinski definition) is 5. The quantitative estimate of drug-likeness (QED) is 0.149. The number of aromatic nitrogens is 2. The first-order chi connectivity index (χ1) is 33.0. The number of rotatable bonds is 7. The molecule has 0 amide bonds. The van der Waals surface area contributed by atoms with Gasteiger partial charge < -0.3 is 19.1 Å². The van der Waals surface area contributed by atoms with E-state index in [1.54, 1.807) is 0 Å². The van der Waals surface area contributed by atoms with E-state index in [1.165, 1.54) is 31.1 Å². The molecule has 69 heavy (non-hydrogen) atoms. The Morgan fingerprint density at radius 3 is 1.88 bits per heavy atom. The Morgan fingerprint density at radius 2 is 1.19 bits per heavy atom. The second kappa shape index (κ2) is 17.2. The fourth-order valence-electron chi connectivity index (χ4n) is 9.74. The van der Waals surface area contributed by atoms with Crippen LogP contribution in [0.3, 0.4) is 0 Å². The average Bonchev–Trinajstić information content (AvgIpc) is 4.03. The van der Waals surface area contributed by atoms with E-state index in [0.29, 0.717) is 11.5 Å². The van der Waals surface area contributed by atoms with Crippen molar-refractivity contribution in [1.82, 2.24) is 9.55 Å². The minimum atomic E-state index is -0.194. The van der Waals surface area contributed by atoms with Gasteiger partial charge in [0.1, 0.15) is 5.82 Å². The molecule has 0 saturated heterocycles. The summed E-state index contributed by atoms with van der Waals surface area (Å²) in [5.41, 5.74) is 12.8. The summed E-state index contributed by atoms with van der Waals surface area (Å²) in [7, 11) is 0. The molecule has 0 spiro atoms. The predicted molar refractivity (Wildman–Crippen MR) is 285 cm³/mol. The van der Waals surface area contributed by atoms with Crippen LogP contribution < -0.4 is 14.5 Å². The zero-order valence-corrected chi connectivity index (χ0v) is 42.4. The van der Waals surface area contributed by atoms with Crippen molar-refractivity contribution in [1.29, 1.82) is 0 Å². The van der Waals surface area contributed by atoms with Gasteiger partial charge in [0.15, 0.2) is 0 Å². The summed E-state index contributed by atoms with van der Waals surface area (Å²) < 4.78 is 11.8. The van der Waals surface area contributed by atoms with Crippen LogP contribution in [0.2, 0.25) is 0 Å². The third-order valence-corrected chi connectivity index (χ3v) is 14.5. The fraction of sp³-hybridized carbons (Fsp3) is 0.129. The van der Waals surface area contributed by atoms with Crippen molar-refractivity contribution in [2.24, 2.45) is 0 Å². The van der Waals surface area contributed by atoms with E-state index in [-0.39, 0.29) is 31.9 Å². The molecule has 7 heteroatoms. The Morgan fingerprint density at radius 1 is 0.551 bits per heavy atom. The van der Waals surface area contributed by atoms with Crippen LogP contribution >= 0.6 is 11.3 Å². The fourth-order valence-corrected chi connectivity index (χ4v) is 11.0. The first-order valence-corrected chi connectivity index (χ1v) is 24.1. The average molecular weight is 1090 g/mol. The van der Waals surface area contributed by atoms with Crippen LogP contribution in [0.4, 0.5) is 22.7 Å². The molecule has 3 aromatic heterocycles. The molecule has 0 radical (unpaired) electrons. The summed E-state index contributed by atoms with van der Waals surface area (Å²) in [4.78, 5) is 9.60.